The van der Waals surface area contributed by atoms with Crippen LogP contribution >= 0.6 is 0 Å². The summed E-state index contributed by atoms with van der Waals surface area (Å²) in [7, 11) is 0. The van der Waals surface area contributed by atoms with E-state index in [1.54, 1.807) is 0 Å². The first-order valence-corrected chi connectivity index (χ1v) is 6.75. The normalized spacial score (nSPS) is 51.1. The van der Waals surface area contributed by atoms with Gasteiger partial charge in [-0.05, 0) is 44.4 Å². The molecule has 1 saturated carbocycles. The van der Waals surface area contributed by atoms with Crippen molar-refractivity contribution in [1.29, 1.82) is 0 Å². The zero-order chi connectivity index (χ0) is 11.1. The van der Waals surface area contributed by atoms with Crippen LogP contribution in [-0.2, 0) is 9.47 Å². The van der Waals surface area contributed by atoms with Crippen molar-refractivity contribution in [3.8, 4) is 0 Å². The number of rotatable bonds is 2. The molecule has 1 aliphatic heterocycles. The molecule has 3 aliphatic rings. The zero-order valence-electron chi connectivity index (χ0n) is 10.3. The van der Waals surface area contributed by atoms with Crippen molar-refractivity contribution in [2.75, 3.05) is 0 Å². The lowest BCUT2D eigenvalue weighted by molar-refractivity contribution is -0.262. The quantitative estimate of drug-likeness (QED) is 0.668. The fourth-order valence-corrected chi connectivity index (χ4v) is 3.53. The third-order valence-electron chi connectivity index (χ3n) is 4.42. The first-order valence-electron chi connectivity index (χ1n) is 6.75. The summed E-state index contributed by atoms with van der Waals surface area (Å²) in [5.74, 6) is 2.14. The smallest absolute Gasteiger partial charge is 0.161 e. The predicted octanol–water partition coefficient (Wildman–Crippen LogP) is 3.13. The summed E-state index contributed by atoms with van der Waals surface area (Å²) < 4.78 is 12.1. The molecule has 2 nitrogen and oxygen atoms in total. The molecule has 2 aliphatic carbocycles. The molecule has 2 fully saturated rings. The van der Waals surface area contributed by atoms with E-state index in [0.29, 0.717) is 18.1 Å². The highest BCUT2D eigenvalue weighted by Gasteiger charge is 2.43. The molecule has 16 heavy (non-hydrogen) atoms. The highest BCUT2D eigenvalue weighted by molar-refractivity contribution is 5.10. The van der Waals surface area contributed by atoms with Crippen LogP contribution in [0.2, 0.25) is 0 Å². The minimum Gasteiger partial charge on any atom is -0.349 e. The number of ether oxygens (including phenoxy) is 2. The Hall–Kier alpha value is -0.340. The molecule has 0 aromatic carbocycles. The Labute approximate surface area is 98.0 Å². The van der Waals surface area contributed by atoms with Gasteiger partial charge in [0, 0.05) is 5.92 Å². The minimum atomic E-state index is 0.0636. The molecule has 0 amide bonds. The molecule has 0 aromatic heterocycles. The maximum atomic E-state index is 6.09. The molecule has 0 radical (unpaired) electrons. The van der Waals surface area contributed by atoms with Gasteiger partial charge < -0.3 is 9.47 Å². The van der Waals surface area contributed by atoms with E-state index in [1.807, 2.05) is 0 Å². The van der Waals surface area contributed by atoms with Gasteiger partial charge in [0.1, 0.15) is 0 Å². The molecule has 0 spiro atoms. The van der Waals surface area contributed by atoms with E-state index in [4.69, 9.17) is 9.47 Å². The van der Waals surface area contributed by atoms with Crippen molar-refractivity contribution < 1.29 is 9.47 Å². The van der Waals surface area contributed by atoms with Crippen LogP contribution in [0.25, 0.3) is 0 Å². The Kier molecular flexibility index (Phi) is 2.80. The second-order valence-electron chi connectivity index (χ2n) is 5.66. The van der Waals surface area contributed by atoms with Crippen LogP contribution in [0.3, 0.4) is 0 Å². The first kappa shape index (κ1) is 10.8. The largest absolute Gasteiger partial charge is 0.349 e. The Morgan fingerprint density at radius 3 is 2.62 bits per heavy atom. The Balaban J connectivity index is 1.68. The summed E-state index contributed by atoms with van der Waals surface area (Å²) in [5.41, 5.74) is 0. The molecule has 6 unspecified atom stereocenters. The summed E-state index contributed by atoms with van der Waals surface area (Å²) in [6.07, 6.45) is 10.4. The predicted molar refractivity (Wildman–Crippen MR) is 63.0 cm³/mol. The van der Waals surface area contributed by atoms with Crippen molar-refractivity contribution in [3.05, 3.63) is 12.2 Å². The first-order chi connectivity index (χ1) is 7.76. The van der Waals surface area contributed by atoms with Crippen molar-refractivity contribution in [2.45, 2.75) is 58.0 Å². The molecule has 90 valence electrons. The maximum absolute atomic E-state index is 6.09. The van der Waals surface area contributed by atoms with Gasteiger partial charge in [-0.25, -0.2) is 0 Å². The molecule has 6 atom stereocenters. The van der Waals surface area contributed by atoms with Crippen LogP contribution in [0.15, 0.2) is 12.2 Å². The fraction of sp³-hybridized carbons (Fsp3) is 0.857. The van der Waals surface area contributed by atoms with Gasteiger partial charge in [-0.1, -0.05) is 19.1 Å². The summed E-state index contributed by atoms with van der Waals surface area (Å²) in [4.78, 5) is 0. The van der Waals surface area contributed by atoms with Crippen LogP contribution in [0.5, 0.6) is 0 Å². The lowest BCUT2D eigenvalue weighted by Crippen LogP contribution is -2.42. The van der Waals surface area contributed by atoms with E-state index >= 15 is 0 Å². The summed E-state index contributed by atoms with van der Waals surface area (Å²) in [6.45, 7) is 4.39. The van der Waals surface area contributed by atoms with Crippen LogP contribution in [0, 0.1) is 17.8 Å². The van der Waals surface area contributed by atoms with E-state index in [-0.39, 0.29) is 6.29 Å². The van der Waals surface area contributed by atoms with Crippen molar-refractivity contribution in [3.63, 3.8) is 0 Å². The van der Waals surface area contributed by atoms with Crippen molar-refractivity contribution in [1.82, 2.24) is 0 Å². The zero-order valence-corrected chi connectivity index (χ0v) is 10.3. The van der Waals surface area contributed by atoms with Crippen molar-refractivity contribution >= 4 is 0 Å². The van der Waals surface area contributed by atoms with Gasteiger partial charge in [0.25, 0.3) is 0 Å². The summed E-state index contributed by atoms with van der Waals surface area (Å²) in [6, 6.07) is 0. The van der Waals surface area contributed by atoms with Gasteiger partial charge in [0.05, 0.1) is 12.2 Å². The Morgan fingerprint density at radius 1 is 1.12 bits per heavy atom. The minimum absolute atomic E-state index is 0.0636. The standard InChI is InChI=1S/C14H22O2/c1-3-12-6-9(2)15-14(16-12)13-8-10-4-5-11(13)7-10/h4-5,9-14H,3,6-8H2,1-2H3. The average molecular weight is 222 g/mol. The van der Waals surface area contributed by atoms with Gasteiger partial charge >= 0.3 is 0 Å². The van der Waals surface area contributed by atoms with E-state index < -0.39 is 0 Å². The van der Waals surface area contributed by atoms with E-state index in [2.05, 4.69) is 26.0 Å². The topological polar surface area (TPSA) is 18.5 Å². The molecule has 3 rings (SSSR count). The second-order valence-corrected chi connectivity index (χ2v) is 5.66. The van der Waals surface area contributed by atoms with Gasteiger partial charge in [0.2, 0.25) is 0 Å². The lowest BCUT2D eigenvalue weighted by atomic mass is 9.92. The average Bonchev–Trinajstić information content (AvgIpc) is 2.89. The monoisotopic (exact) mass is 222 g/mol. The maximum Gasteiger partial charge on any atom is 0.161 e. The van der Waals surface area contributed by atoms with Crippen molar-refractivity contribution in [2.24, 2.45) is 17.8 Å². The molecule has 2 bridgehead atoms. The third kappa shape index (κ3) is 1.82. The molecule has 0 N–H and O–H groups in total. The fourth-order valence-electron chi connectivity index (χ4n) is 3.53. The van der Waals surface area contributed by atoms with E-state index in [0.717, 1.165) is 24.7 Å². The SMILES string of the molecule is CCC1CC(C)OC(C2CC3C=CC2C3)O1. The van der Waals surface area contributed by atoms with Gasteiger partial charge in [-0.15, -0.1) is 0 Å². The van der Waals surface area contributed by atoms with Gasteiger partial charge in [-0.3, -0.25) is 0 Å². The Morgan fingerprint density at radius 2 is 2.00 bits per heavy atom. The van der Waals surface area contributed by atoms with Gasteiger partial charge in [0.15, 0.2) is 6.29 Å². The highest BCUT2D eigenvalue weighted by Crippen LogP contribution is 2.47. The van der Waals surface area contributed by atoms with Crippen LogP contribution in [0.1, 0.15) is 39.5 Å². The third-order valence-corrected chi connectivity index (χ3v) is 4.42. The molecular formula is C14H22O2. The van der Waals surface area contributed by atoms with E-state index in [9.17, 15) is 0 Å². The molecule has 1 heterocycles. The summed E-state index contributed by atoms with van der Waals surface area (Å²) >= 11 is 0. The number of hydrogen-bond acceptors (Lipinski definition) is 2. The molecular weight excluding hydrogens is 200 g/mol. The second kappa shape index (κ2) is 4.15. The van der Waals surface area contributed by atoms with Crippen LogP contribution in [0.4, 0.5) is 0 Å². The Bertz CT molecular complexity index is 286. The van der Waals surface area contributed by atoms with Gasteiger partial charge in [-0.2, -0.15) is 0 Å². The lowest BCUT2D eigenvalue weighted by Gasteiger charge is -2.38. The molecule has 0 aromatic rings. The molecule has 1 saturated heterocycles. The summed E-state index contributed by atoms with van der Waals surface area (Å²) in [5, 5.41) is 0. The molecule has 2 heteroatoms. The number of fused-ring (bicyclic) bond motifs is 2. The van der Waals surface area contributed by atoms with Crippen LogP contribution < -0.4 is 0 Å². The number of hydrogen-bond donors (Lipinski definition) is 0. The van der Waals surface area contributed by atoms with E-state index in [1.165, 1.54) is 12.8 Å². The number of allylic oxidation sites excluding steroid dienone is 2. The van der Waals surface area contributed by atoms with Crippen LogP contribution in [-0.4, -0.2) is 18.5 Å². The highest BCUT2D eigenvalue weighted by atomic mass is 16.7.